The Morgan fingerprint density at radius 3 is 2.57 bits per heavy atom. The molecular formula is C27H30FN3O3S. The maximum Gasteiger partial charge on any atom is 0.241 e. The van der Waals surface area contributed by atoms with Crippen molar-refractivity contribution in [2.45, 2.75) is 68.5 Å². The maximum atomic E-state index is 14.2. The van der Waals surface area contributed by atoms with Crippen molar-refractivity contribution in [2.24, 2.45) is 0 Å². The van der Waals surface area contributed by atoms with E-state index in [0.29, 0.717) is 29.7 Å². The van der Waals surface area contributed by atoms with E-state index in [9.17, 15) is 17.6 Å². The van der Waals surface area contributed by atoms with Crippen molar-refractivity contribution in [3.05, 3.63) is 71.0 Å². The van der Waals surface area contributed by atoms with E-state index in [0.717, 1.165) is 35.0 Å². The number of benzene rings is 2. The highest BCUT2D eigenvalue weighted by Gasteiger charge is 2.34. The standard InChI is InChI=1S/C27H30FN3O3S/c1-27(2,28)16-30-35(33,34)26-22-13-21(31-25(32)10-17-6-4-3-5-7-17)12-19(22)11-20-15-29-24(14-23(20)26)18-8-9-18/h3-7,11,14-15,18,21,30H,8-10,12-13,16H2,1-2H3,(H,31,32). The smallest absolute Gasteiger partial charge is 0.241 e. The van der Waals surface area contributed by atoms with Crippen LogP contribution in [0.5, 0.6) is 0 Å². The summed E-state index contributed by atoms with van der Waals surface area (Å²) in [6.45, 7) is 2.37. The summed E-state index contributed by atoms with van der Waals surface area (Å²) < 4.78 is 43.7. The number of hydrogen-bond acceptors (Lipinski definition) is 4. The molecule has 5 rings (SSSR count). The molecule has 0 bridgehead atoms. The highest BCUT2D eigenvalue weighted by Crippen LogP contribution is 2.42. The van der Waals surface area contributed by atoms with E-state index in [4.69, 9.17) is 0 Å². The van der Waals surface area contributed by atoms with Crippen LogP contribution in [0, 0.1) is 0 Å². The van der Waals surface area contributed by atoms with Crippen LogP contribution in [0.3, 0.4) is 0 Å². The molecule has 3 aromatic rings. The predicted molar refractivity (Wildman–Crippen MR) is 134 cm³/mol. The zero-order valence-corrected chi connectivity index (χ0v) is 20.8. The molecule has 1 atom stereocenters. The van der Waals surface area contributed by atoms with Crippen LogP contribution in [-0.2, 0) is 34.1 Å². The average molecular weight is 496 g/mol. The average Bonchev–Trinajstić information content (AvgIpc) is 3.57. The molecule has 35 heavy (non-hydrogen) atoms. The molecule has 1 unspecified atom stereocenters. The summed E-state index contributed by atoms with van der Waals surface area (Å²) in [4.78, 5) is 17.4. The van der Waals surface area contributed by atoms with Crippen LogP contribution in [0.25, 0.3) is 10.8 Å². The minimum atomic E-state index is -4.00. The molecule has 0 spiro atoms. The van der Waals surface area contributed by atoms with Crippen LogP contribution in [0.4, 0.5) is 4.39 Å². The minimum absolute atomic E-state index is 0.0991. The first-order chi connectivity index (χ1) is 16.6. The second-order valence-corrected chi connectivity index (χ2v) is 12.0. The van der Waals surface area contributed by atoms with E-state index in [1.165, 1.54) is 13.8 Å². The van der Waals surface area contributed by atoms with Crippen molar-refractivity contribution < 1.29 is 17.6 Å². The Bertz CT molecular complexity index is 1380. The Hall–Kier alpha value is -2.84. The van der Waals surface area contributed by atoms with Crippen LogP contribution < -0.4 is 10.0 Å². The number of hydrogen-bond donors (Lipinski definition) is 2. The Labute approximate surface area is 205 Å². The summed E-state index contributed by atoms with van der Waals surface area (Å²) in [5.41, 5.74) is 1.70. The van der Waals surface area contributed by atoms with Gasteiger partial charge in [0, 0.05) is 41.2 Å². The Morgan fingerprint density at radius 1 is 1.14 bits per heavy atom. The van der Waals surface area contributed by atoms with Gasteiger partial charge in [-0.3, -0.25) is 9.78 Å². The lowest BCUT2D eigenvalue weighted by molar-refractivity contribution is -0.121. The molecule has 1 amide bonds. The monoisotopic (exact) mass is 495 g/mol. The lowest BCUT2D eigenvalue weighted by Crippen LogP contribution is -2.37. The first-order valence-corrected chi connectivity index (χ1v) is 13.5. The SMILES string of the molecule is CC(C)(F)CNS(=O)(=O)c1c2c(cc3cnc(C4CC4)cc13)CC(NC(=O)Cc1ccccc1)C2. The molecule has 0 radical (unpaired) electrons. The van der Waals surface area contributed by atoms with Crippen LogP contribution in [-0.4, -0.2) is 37.6 Å². The van der Waals surface area contributed by atoms with Gasteiger partial charge in [-0.1, -0.05) is 30.3 Å². The van der Waals surface area contributed by atoms with Crippen LogP contribution in [0.2, 0.25) is 0 Å². The number of nitrogens with zero attached hydrogens (tertiary/aromatic N) is 1. The summed E-state index contributed by atoms with van der Waals surface area (Å²) in [7, 11) is -4.00. The number of aromatic nitrogens is 1. The summed E-state index contributed by atoms with van der Waals surface area (Å²) in [6.07, 6.45) is 5.05. The number of pyridine rings is 1. The minimum Gasteiger partial charge on any atom is -0.352 e. The fourth-order valence-corrected chi connectivity index (χ4v) is 6.46. The lowest BCUT2D eigenvalue weighted by Gasteiger charge is -2.18. The topological polar surface area (TPSA) is 88.2 Å². The van der Waals surface area contributed by atoms with Gasteiger partial charge in [-0.25, -0.2) is 17.5 Å². The Kier molecular flexibility index (Phi) is 6.13. The van der Waals surface area contributed by atoms with E-state index >= 15 is 0 Å². The van der Waals surface area contributed by atoms with E-state index in [2.05, 4.69) is 15.0 Å². The molecule has 2 aliphatic carbocycles. The zero-order valence-electron chi connectivity index (χ0n) is 20.0. The number of carbonyl (C=O) groups excluding carboxylic acids is 1. The summed E-state index contributed by atoms with van der Waals surface area (Å²) >= 11 is 0. The van der Waals surface area contributed by atoms with Gasteiger partial charge >= 0.3 is 0 Å². The van der Waals surface area contributed by atoms with Crippen molar-refractivity contribution >= 4 is 26.7 Å². The van der Waals surface area contributed by atoms with Gasteiger partial charge in [0.1, 0.15) is 5.67 Å². The van der Waals surface area contributed by atoms with E-state index in [1.807, 2.05) is 42.5 Å². The summed E-state index contributed by atoms with van der Waals surface area (Å²) in [6, 6.07) is 13.2. The van der Waals surface area contributed by atoms with E-state index in [1.54, 1.807) is 6.20 Å². The van der Waals surface area contributed by atoms with Gasteiger partial charge in [0.2, 0.25) is 15.9 Å². The van der Waals surface area contributed by atoms with Crippen molar-refractivity contribution in [1.29, 1.82) is 0 Å². The van der Waals surface area contributed by atoms with Crippen molar-refractivity contribution in [3.8, 4) is 0 Å². The third-order valence-electron chi connectivity index (χ3n) is 6.63. The molecule has 1 saturated carbocycles. The maximum absolute atomic E-state index is 14.2. The molecule has 184 valence electrons. The van der Waals surface area contributed by atoms with Gasteiger partial charge in [0.15, 0.2) is 0 Å². The Morgan fingerprint density at radius 2 is 1.89 bits per heavy atom. The fraction of sp³-hybridized carbons (Fsp3) is 0.407. The van der Waals surface area contributed by atoms with Gasteiger partial charge in [0.25, 0.3) is 0 Å². The number of rotatable bonds is 8. The first-order valence-electron chi connectivity index (χ1n) is 12.1. The number of halogens is 1. The predicted octanol–water partition coefficient (Wildman–Crippen LogP) is 3.96. The van der Waals surface area contributed by atoms with Crippen LogP contribution >= 0.6 is 0 Å². The molecule has 1 fully saturated rings. The second kappa shape index (κ2) is 8.99. The van der Waals surface area contributed by atoms with Crippen LogP contribution in [0.1, 0.15) is 55.0 Å². The number of sulfonamides is 1. The first kappa shape index (κ1) is 23.9. The molecular weight excluding hydrogens is 465 g/mol. The van der Waals surface area contributed by atoms with Crippen molar-refractivity contribution in [2.75, 3.05) is 6.54 Å². The third-order valence-corrected chi connectivity index (χ3v) is 8.16. The van der Waals surface area contributed by atoms with Gasteiger partial charge in [-0.15, -0.1) is 0 Å². The third kappa shape index (κ3) is 5.38. The second-order valence-electron chi connectivity index (χ2n) is 10.3. The van der Waals surface area contributed by atoms with Crippen molar-refractivity contribution in [3.63, 3.8) is 0 Å². The fourth-order valence-electron chi connectivity index (χ4n) is 4.78. The molecule has 6 nitrogen and oxygen atoms in total. The van der Waals surface area contributed by atoms with E-state index < -0.39 is 15.7 Å². The highest BCUT2D eigenvalue weighted by atomic mass is 32.2. The zero-order chi connectivity index (χ0) is 24.8. The normalized spacial score (nSPS) is 18.0. The molecule has 2 aliphatic rings. The molecule has 1 aromatic heterocycles. The number of carbonyl (C=O) groups is 1. The molecule has 1 heterocycles. The van der Waals surface area contributed by atoms with Gasteiger partial charge in [-0.2, -0.15) is 0 Å². The van der Waals surface area contributed by atoms with Gasteiger partial charge in [-0.05, 0) is 68.4 Å². The number of amides is 1. The largest absolute Gasteiger partial charge is 0.352 e. The molecule has 2 aromatic carbocycles. The van der Waals surface area contributed by atoms with Crippen molar-refractivity contribution in [1.82, 2.24) is 15.0 Å². The number of fused-ring (bicyclic) bond motifs is 2. The van der Waals surface area contributed by atoms with Crippen LogP contribution in [0.15, 0.2) is 53.6 Å². The Balaban J connectivity index is 1.48. The van der Waals surface area contributed by atoms with Gasteiger partial charge < -0.3 is 5.32 Å². The molecule has 8 heteroatoms. The molecule has 2 N–H and O–H groups in total. The number of nitrogens with one attached hydrogen (secondary N) is 2. The highest BCUT2D eigenvalue weighted by molar-refractivity contribution is 7.89. The van der Waals surface area contributed by atoms with E-state index in [-0.39, 0.29) is 29.8 Å². The molecule has 0 aliphatic heterocycles. The lowest BCUT2D eigenvalue weighted by atomic mass is 10.0. The number of alkyl halides is 1. The summed E-state index contributed by atoms with van der Waals surface area (Å²) in [5, 5.41) is 4.43. The molecule has 0 saturated heterocycles. The van der Waals surface area contributed by atoms with Gasteiger partial charge in [0.05, 0.1) is 11.3 Å². The summed E-state index contributed by atoms with van der Waals surface area (Å²) in [5.74, 6) is 0.268. The quantitative estimate of drug-likeness (QED) is 0.495.